The summed E-state index contributed by atoms with van der Waals surface area (Å²) in [6, 6.07) is 0. The van der Waals surface area contributed by atoms with Crippen molar-refractivity contribution >= 4 is 0 Å². The van der Waals surface area contributed by atoms with Gasteiger partial charge in [0.1, 0.15) is 5.76 Å². The highest BCUT2D eigenvalue weighted by atomic mass is 16.5. The molecular formula is C33H60O. The molecule has 1 heteroatoms. The fraction of sp³-hybridized carbons (Fsp3) is 0.758. The molecule has 0 amide bonds. The van der Waals surface area contributed by atoms with Gasteiger partial charge in [0.15, 0.2) is 0 Å². The lowest BCUT2D eigenvalue weighted by Gasteiger charge is -2.42. The summed E-state index contributed by atoms with van der Waals surface area (Å²) in [5.74, 6) is 3.13. The van der Waals surface area contributed by atoms with Crippen LogP contribution in [0.1, 0.15) is 134 Å². The first-order valence-electron chi connectivity index (χ1n) is 14.6. The Morgan fingerprint density at radius 1 is 1.03 bits per heavy atom. The van der Waals surface area contributed by atoms with Crippen LogP contribution in [0.15, 0.2) is 47.3 Å². The zero-order valence-electron chi connectivity index (χ0n) is 25.0. The highest BCUT2D eigenvalue weighted by Crippen LogP contribution is 2.46. The van der Waals surface area contributed by atoms with E-state index >= 15 is 0 Å². The Balaban J connectivity index is 0.00000258. The average molecular weight is 473 g/mol. The van der Waals surface area contributed by atoms with E-state index < -0.39 is 0 Å². The molecule has 2 aliphatic carbocycles. The Morgan fingerprint density at radius 2 is 1.65 bits per heavy atom. The van der Waals surface area contributed by atoms with Gasteiger partial charge in [0.2, 0.25) is 0 Å². The number of allylic oxidation sites excluding steroid dienone is 7. The van der Waals surface area contributed by atoms with Crippen molar-refractivity contribution in [2.45, 2.75) is 140 Å². The maximum absolute atomic E-state index is 6.46. The largest absolute Gasteiger partial charge is 0.491 e. The Hall–Kier alpha value is -1.24. The van der Waals surface area contributed by atoms with Crippen LogP contribution in [0.25, 0.3) is 0 Å². The summed E-state index contributed by atoms with van der Waals surface area (Å²) in [6.45, 7) is 24.5. The normalized spacial score (nSPS) is 20.6. The van der Waals surface area contributed by atoms with E-state index in [4.69, 9.17) is 4.74 Å². The molecule has 1 fully saturated rings. The fourth-order valence-corrected chi connectivity index (χ4v) is 5.55. The number of hydrogen-bond acceptors (Lipinski definition) is 1. The lowest BCUT2D eigenvalue weighted by molar-refractivity contribution is 0.110. The Kier molecular flexibility index (Phi) is 17.4. The first-order valence-corrected chi connectivity index (χ1v) is 14.6. The predicted molar refractivity (Wildman–Crippen MR) is 155 cm³/mol. The molecule has 0 bridgehead atoms. The van der Waals surface area contributed by atoms with Crippen LogP contribution in [0.3, 0.4) is 0 Å². The van der Waals surface area contributed by atoms with Crippen molar-refractivity contribution in [2.75, 3.05) is 0 Å². The van der Waals surface area contributed by atoms with E-state index in [2.05, 4.69) is 78.8 Å². The third-order valence-corrected chi connectivity index (χ3v) is 7.88. The standard InChI is InChI=1S/C29H48O.2C2H6/c1-8-27(24(6)21-28(22(2)3)30-26-18-12-13-19-26)29(7,23(4)5)20-14-17-25-15-10-9-11-16-25;2*1-2/h9-11,15,21,23,25-27H,8,12-14,16-20H2,1-7H3;2*1-2H3/b24-21+;;. The van der Waals surface area contributed by atoms with Crippen molar-refractivity contribution in [3.8, 4) is 0 Å². The molecule has 0 N–H and O–H groups in total. The molecule has 0 saturated heterocycles. The highest BCUT2D eigenvalue weighted by Gasteiger charge is 2.36. The van der Waals surface area contributed by atoms with Crippen molar-refractivity contribution < 1.29 is 4.74 Å². The third kappa shape index (κ3) is 10.6. The second kappa shape index (κ2) is 18.1. The molecule has 3 unspecified atom stereocenters. The number of rotatable bonds is 11. The van der Waals surface area contributed by atoms with E-state index in [1.165, 1.54) is 68.9 Å². The molecule has 3 atom stereocenters. The summed E-state index contributed by atoms with van der Waals surface area (Å²) in [5.41, 5.74) is 3.13. The molecule has 0 aromatic rings. The van der Waals surface area contributed by atoms with Crippen LogP contribution in [0.2, 0.25) is 0 Å². The average Bonchev–Trinajstić information content (AvgIpc) is 3.35. The van der Waals surface area contributed by atoms with Crippen LogP contribution < -0.4 is 0 Å². The molecule has 1 nitrogen and oxygen atoms in total. The maximum atomic E-state index is 6.46. The molecule has 1 saturated carbocycles. The van der Waals surface area contributed by atoms with Crippen LogP contribution in [0, 0.1) is 23.2 Å². The van der Waals surface area contributed by atoms with Gasteiger partial charge in [0.05, 0.1) is 6.10 Å². The summed E-state index contributed by atoms with van der Waals surface area (Å²) in [4.78, 5) is 0. The van der Waals surface area contributed by atoms with E-state index in [9.17, 15) is 0 Å². The molecule has 0 aromatic carbocycles. The van der Waals surface area contributed by atoms with Gasteiger partial charge in [0.25, 0.3) is 0 Å². The van der Waals surface area contributed by atoms with Crippen molar-refractivity contribution in [1.29, 1.82) is 0 Å². The van der Waals surface area contributed by atoms with Crippen molar-refractivity contribution in [3.05, 3.63) is 47.3 Å². The van der Waals surface area contributed by atoms with Crippen molar-refractivity contribution in [2.24, 2.45) is 23.2 Å². The van der Waals surface area contributed by atoms with Gasteiger partial charge in [-0.25, -0.2) is 0 Å². The minimum atomic E-state index is 0.323. The molecule has 0 spiro atoms. The topological polar surface area (TPSA) is 9.23 Å². The monoisotopic (exact) mass is 472 g/mol. The van der Waals surface area contributed by atoms with Crippen LogP contribution in [0.5, 0.6) is 0 Å². The third-order valence-electron chi connectivity index (χ3n) is 7.88. The summed E-state index contributed by atoms with van der Waals surface area (Å²) in [7, 11) is 0. The zero-order valence-corrected chi connectivity index (χ0v) is 25.0. The van der Waals surface area contributed by atoms with Gasteiger partial charge in [-0.2, -0.15) is 0 Å². The number of ether oxygens (including phenoxy) is 1. The van der Waals surface area contributed by atoms with E-state index in [0.717, 1.165) is 11.7 Å². The highest BCUT2D eigenvalue weighted by molar-refractivity contribution is 5.24. The Labute approximate surface area is 215 Å². The van der Waals surface area contributed by atoms with Gasteiger partial charge in [-0.3, -0.25) is 0 Å². The van der Waals surface area contributed by atoms with E-state index in [0.29, 0.717) is 23.4 Å². The smallest absolute Gasteiger partial charge is 0.118 e. The van der Waals surface area contributed by atoms with Gasteiger partial charge in [0, 0.05) is 0 Å². The molecule has 0 aliphatic heterocycles. The minimum absolute atomic E-state index is 0.323. The van der Waals surface area contributed by atoms with Crippen LogP contribution in [0.4, 0.5) is 0 Å². The van der Waals surface area contributed by atoms with Crippen LogP contribution >= 0.6 is 0 Å². The van der Waals surface area contributed by atoms with E-state index in [-0.39, 0.29) is 0 Å². The first kappa shape index (κ1) is 32.8. The SMILES string of the molecule is CC.CC.CCC(/C(C)=C/C(OC1CCCC1)=C(C)C)C(C)(CCCC1C=CC=CC1)C(C)C. The Bertz CT molecular complexity index is 637. The second-order valence-electron chi connectivity index (χ2n) is 10.6. The molecular weight excluding hydrogens is 412 g/mol. The fourth-order valence-electron chi connectivity index (χ4n) is 5.55. The van der Waals surface area contributed by atoms with Gasteiger partial charge in [-0.05, 0) is 107 Å². The molecule has 0 heterocycles. The molecule has 0 aromatic heterocycles. The minimum Gasteiger partial charge on any atom is -0.491 e. The summed E-state index contributed by atoms with van der Waals surface area (Å²) >= 11 is 0. The molecule has 34 heavy (non-hydrogen) atoms. The van der Waals surface area contributed by atoms with Crippen LogP contribution in [-0.4, -0.2) is 6.10 Å². The zero-order chi connectivity index (χ0) is 26.1. The summed E-state index contributed by atoms with van der Waals surface area (Å²) < 4.78 is 6.46. The van der Waals surface area contributed by atoms with Gasteiger partial charge < -0.3 is 4.74 Å². The molecule has 2 aliphatic rings. The summed E-state index contributed by atoms with van der Waals surface area (Å²) in [6.07, 6.45) is 23.4. The molecule has 0 radical (unpaired) electrons. The molecule has 2 rings (SSSR count). The van der Waals surface area contributed by atoms with Crippen molar-refractivity contribution in [3.63, 3.8) is 0 Å². The van der Waals surface area contributed by atoms with Gasteiger partial charge in [-0.15, -0.1) is 0 Å². The molecule has 198 valence electrons. The second-order valence-corrected chi connectivity index (χ2v) is 10.6. The number of hydrogen-bond donors (Lipinski definition) is 0. The van der Waals surface area contributed by atoms with Gasteiger partial charge >= 0.3 is 0 Å². The summed E-state index contributed by atoms with van der Waals surface area (Å²) in [5, 5.41) is 0. The van der Waals surface area contributed by atoms with Crippen LogP contribution in [-0.2, 0) is 4.74 Å². The Morgan fingerprint density at radius 3 is 2.12 bits per heavy atom. The predicted octanol–water partition coefficient (Wildman–Crippen LogP) is 11.2. The van der Waals surface area contributed by atoms with E-state index in [1.54, 1.807) is 0 Å². The van der Waals surface area contributed by atoms with Gasteiger partial charge in [-0.1, -0.05) is 91.7 Å². The van der Waals surface area contributed by atoms with E-state index in [1.807, 2.05) is 27.7 Å². The lowest BCUT2D eigenvalue weighted by Crippen LogP contribution is -2.33. The quantitative estimate of drug-likeness (QED) is 0.214. The maximum Gasteiger partial charge on any atom is 0.118 e. The first-order chi connectivity index (χ1) is 16.3. The van der Waals surface area contributed by atoms with Crippen molar-refractivity contribution in [1.82, 2.24) is 0 Å². The lowest BCUT2D eigenvalue weighted by atomic mass is 9.63.